The molecule has 2 aromatic heterocycles. The summed E-state index contributed by atoms with van der Waals surface area (Å²) in [7, 11) is 1.74. The van der Waals surface area contributed by atoms with E-state index in [0.29, 0.717) is 0 Å². The van der Waals surface area contributed by atoms with Gasteiger partial charge in [-0.1, -0.05) is 24.3 Å². The first-order chi connectivity index (χ1) is 15.1. The number of aromatic amines is 1. The number of hydrogen-bond acceptors (Lipinski definition) is 3. The molecule has 31 heavy (non-hydrogen) atoms. The number of nitrogens with zero attached hydrogens (tertiary/aromatic N) is 3. The number of nitrogens with one attached hydrogen (secondary N) is 1. The van der Waals surface area contributed by atoms with E-state index in [1.165, 1.54) is 38.9 Å². The Morgan fingerprint density at radius 3 is 2.77 bits per heavy atom. The molecule has 0 fully saturated rings. The van der Waals surface area contributed by atoms with Gasteiger partial charge < -0.3 is 14.3 Å². The number of ether oxygens (including phenoxy) is 1. The summed E-state index contributed by atoms with van der Waals surface area (Å²) in [5.41, 5.74) is 7.81. The zero-order valence-electron chi connectivity index (χ0n) is 18.8. The van der Waals surface area contributed by atoms with Gasteiger partial charge in [0.15, 0.2) is 0 Å². The van der Waals surface area contributed by atoms with Crippen molar-refractivity contribution in [3.63, 3.8) is 0 Å². The first kappa shape index (κ1) is 19.9. The monoisotopic (exact) mass is 414 g/mol. The summed E-state index contributed by atoms with van der Waals surface area (Å²) in [4.78, 5) is 11.0. The molecule has 3 heterocycles. The van der Waals surface area contributed by atoms with Crippen LogP contribution in [0.3, 0.4) is 0 Å². The van der Waals surface area contributed by atoms with Crippen molar-refractivity contribution in [1.29, 1.82) is 0 Å². The van der Waals surface area contributed by atoms with Crippen molar-refractivity contribution in [2.75, 3.05) is 13.7 Å². The predicted octanol–water partition coefficient (Wildman–Crippen LogP) is 5.16. The molecule has 5 heteroatoms. The fraction of sp³-hybridized carbons (Fsp3) is 0.346. The van der Waals surface area contributed by atoms with Crippen LogP contribution in [0.15, 0.2) is 48.8 Å². The van der Waals surface area contributed by atoms with Gasteiger partial charge in [0.05, 0.1) is 19.7 Å². The Labute approximate surface area is 183 Å². The SMILES string of the molecule is CCn1ccnc1CN1CCc2c([nH]c3ccccc23)[C@H]1c1ccc(OC)c(C)c1C. The summed E-state index contributed by atoms with van der Waals surface area (Å²) in [6, 6.07) is 13.2. The minimum Gasteiger partial charge on any atom is -0.496 e. The Balaban J connectivity index is 1.66. The van der Waals surface area contributed by atoms with Crippen LogP contribution >= 0.6 is 0 Å². The second kappa shape index (κ2) is 7.89. The molecule has 0 saturated heterocycles. The second-order valence-electron chi connectivity index (χ2n) is 8.42. The van der Waals surface area contributed by atoms with E-state index in [1.807, 2.05) is 6.20 Å². The Morgan fingerprint density at radius 2 is 1.97 bits per heavy atom. The molecule has 0 bridgehead atoms. The fourth-order valence-electron chi connectivity index (χ4n) is 5.11. The molecule has 160 valence electrons. The molecule has 5 rings (SSSR count). The number of hydrogen-bond donors (Lipinski definition) is 1. The lowest BCUT2D eigenvalue weighted by Gasteiger charge is -2.37. The Bertz CT molecular complexity index is 1240. The van der Waals surface area contributed by atoms with Gasteiger partial charge in [-0.15, -0.1) is 0 Å². The van der Waals surface area contributed by atoms with Gasteiger partial charge in [-0.05, 0) is 61.6 Å². The van der Waals surface area contributed by atoms with Gasteiger partial charge in [-0.2, -0.15) is 0 Å². The number of benzene rings is 2. The zero-order chi connectivity index (χ0) is 21.5. The number of methoxy groups -OCH3 is 1. The van der Waals surface area contributed by atoms with E-state index in [4.69, 9.17) is 4.74 Å². The molecule has 0 amide bonds. The van der Waals surface area contributed by atoms with Crippen LogP contribution in [0, 0.1) is 13.8 Å². The van der Waals surface area contributed by atoms with Gasteiger partial charge in [0, 0.05) is 42.1 Å². The number of fused-ring (bicyclic) bond motifs is 3. The highest BCUT2D eigenvalue weighted by molar-refractivity contribution is 5.85. The molecular formula is C26H30N4O. The third-order valence-corrected chi connectivity index (χ3v) is 6.92. The molecule has 1 aliphatic rings. The first-order valence-electron chi connectivity index (χ1n) is 11.1. The van der Waals surface area contributed by atoms with Crippen molar-refractivity contribution < 1.29 is 4.74 Å². The number of para-hydroxylation sites is 1. The minimum atomic E-state index is 0.155. The van der Waals surface area contributed by atoms with E-state index in [0.717, 1.165) is 37.6 Å². The van der Waals surface area contributed by atoms with Gasteiger partial charge in [0.2, 0.25) is 0 Å². The summed E-state index contributed by atoms with van der Waals surface area (Å²) >= 11 is 0. The smallest absolute Gasteiger partial charge is 0.122 e. The molecule has 0 saturated carbocycles. The molecule has 1 N–H and O–H groups in total. The normalized spacial score (nSPS) is 16.6. The lowest BCUT2D eigenvalue weighted by Crippen LogP contribution is -2.36. The van der Waals surface area contributed by atoms with Gasteiger partial charge in [0.25, 0.3) is 0 Å². The molecule has 2 aromatic carbocycles. The molecular weight excluding hydrogens is 384 g/mol. The van der Waals surface area contributed by atoms with Crippen molar-refractivity contribution >= 4 is 10.9 Å². The van der Waals surface area contributed by atoms with E-state index in [-0.39, 0.29) is 6.04 Å². The third kappa shape index (κ3) is 3.24. The van der Waals surface area contributed by atoms with Crippen LogP contribution in [-0.2, 0) is 19.5 Å². The van der Waals surface area contributed by atoms with Crippen molar-refractivity contribution in [2.24, 2.45) is 0 Å². The van der Waals surface area contributed by atoms with Gasteiger partial charge >= 0.3 is 0 Å². The number of imidazole rings is 1. The summed E-state index contributed by atoms with van der Waals surface area (Å²) in [6.07, 6.45) is 5.03. The molecule has 0 unspecified atom stereocenters. The quantitative estimate of drug-likeness (QED) is 0.491. The van der Waals surface area contributed by atoms with Crippen LogP contribution in [-0.4, -0.2) is 33.1 Å². The number of aryl methyl sites for hydroxylation is 1. The Hall–Kier alpha value is -3.05. The molecule has 5 nitrogen and oxygen atoms in total. The fourth-order valence-corrected chi connectivity index (χ4v) is 5.11. The van der Waals surface area contributed by atoms with Crippen LogP contribution in [0.25, 0.3) is 10.9 Å². The van der Waals surface area contributed by atoms with Crippen molar-refractivity contribution in [3.8, 4) is 5.75 Å². The topological polar surface area (TPSA) is 46.1 Å². The summed E-state index contributed by atoms with van der Waals surface area (Å²) in [6.45, 7) is 9.30. The standard InChI is InChI=1S/C26H30N4O/c1-5-29-15-13-27-24(29)16-30-14-12-21-20-8-6-7-9-22(20)28-25(21)26(30)19-10-11-23(31-4)18(3)17(19)2/h6-11,13,15,26,28H,5,12,14,16H2,1-4H3/t26-/m1/s1. The second-order valence-corrected chi connectivity index (χ2v) is 8.42. The van der Waals surface area contributed by atoms with E-state index in [2.05, 4.69) is 82.8 Å². The number of rotatable bonds is 5. The van der Waals surface area contributed by atoms with E-state index in [1.54, 1.807) is 7.11 Å². The van der Waals surface area contributed by atoms with Gasteiger partial charge in [-0.25, -0.2) is 4.98 Å². The number of aromatic nitrogens is 3. The van der Waals surface area contributed by atoms with Crippen LogP contribution in [0.2, 0.25) is 0 Å². The highest BCUT2D eigenvalue weighted by Gasteiger charge is 2.33. The molecule has 1 aliphatic heterocycles. The molecule has 0 aliphatic carbocycles. The highest BCUT2D eigenvalue weighted by atomic mass is 16.5. The summed E-state index contributed by atoms with van der Waals surface area (Å²) in [5.74, 6) is 2.07. The maximum absolute atomic E-state index is 5.59. The molecule has 0 spiro atoms. The number of H-pyrrole nitrogens is 1. The highest BCUT2D eigenvalue weighted by Crippen LogP contribution is 2.41. The van der Waals surface area contributed by atoms with Gasteiger partial charge in [-0.3, -0.25) is 4.90 Å². The van der Waals surface area contributed by atoms with Crippen molar-refractivity contribution in [3.05, 3.63) is 82.6 Å². The predicted molar refractivity (Wildman–Crippen MR) is 125 cm³/mol. The maximum Gasteiger partial charge on any atom is 0.122 e. The molecule has 4 aromatic rings. The van der Waals surface area contributed by atoms with E-state index < -0.39 is 0 Å². The third-order valence-electron chi connectivity index (χ3n) is 6.92. The maximum atomic E-state index is 5.59. The van der Waals surface area contributed by atoms with Crippen LogP contribution < -0.4 is 4.74 Å². The van der Waals surface area contributed by atoms with Crippen molar-refractivity contribution in [1.82, 2.24) is 19.4 Å². The van der Waals surface area contributed by atoms with E-state index in [9.17, 15) is 0 Å². The van der Waals surface area contributed by atoms with Crippen LogP contribution in [0.5, 0.6) is 5.75 Å². The average Bonchev–Trinajstić information content (AvgIpc) is 3.40. The summed E-state index contributed by atoms with van der Waals surface area (Å²) < 4.78 is 7.83. The van der Waals surface area contributed by atoms with Crippen LogP contribution in [0.1, 0.15) is 46.7 Å². The summed E-state index contributed by atoms with van der Waals surface area (Å²) in [5, 5.41) is 1.35. The Kier molecular flexibility index (Phi) is 5.06. The lowest BCUT2D eigenvalue weighted by atomic mass is 9.88. The molecule has 0 radical (unpaired) electrons. The first-order valence-corrected chi connectivity index (χ1v) is 11.1. The van der Waals surface area contributed by atoms with Crippen LogP contribution in [0.4, 0.5) is 0 Å². The Morgan fingerprint density at radius 1 is 1.13 bits per heavy atom. The van der Waals surface area contributed by atoms with E-state index >= 15 is 0 Å². The largest absolute Gasteiger partial charge is 0.496 e. The molecule has 1 atom stereocenters. The average molecular weight is 415 g/mol. The zero-order valence-corrected chi connectivity index (χ0v) is 18.8. The van der Waals surface area contributed by atoms with Crippen molar-refractivity contribution in [2.45, 2.75) is 46.3 Å². The minimum absolute atomic E-state index is 0.155. The van der Waals surface area contributed by atoms with Gasteiger partial charge in [0.1, 0.15) is 11.6 Å². The lowest BCUT2D eigenvalue weighted by molar-refractivity contribution is 0.194.